The van der Waals surface area contributed by atoms with Gasteiger partial charge in [-0.3, -0.25) is 9.59 Å². The summed E-state index contributed by atoms with van der Waals surface area (Å²) in [7, 11) is 1.76. The molecule has 7 nitrogen and oxygen atoms in total. The normalized spacial score (nSPS) is 13.0. The summed E-state index contributed by atoms with van der Waals surface area (Å²) in [6.07, 6.45) is -0.325. The van der Waals surface area contributed by atoms with Crippen LogP contribution in [0.25, 0.3) is 0 Å². The lowest BCUT2D eigenvalue weighted by atomic mass is 9.87. The van der Waals surface area contributed by atoms with E-state index in [2.05, 4.69) is 5.32 Å². The lowest BCUT2D eigenvalue weighted by Crippen LogP contribution is -2.57. The van der Waals surface area contributed by atoms with Crippen LogP contribution in [0.1, 0.15) is 43.5 Å². The van der Waals surface area contributed by atoms with Crippen LogP contribution in [0.5, 0.6) is 0 Å². The van der Waals surface area contributed by atoms with Gasteiger partial charge in [-0.2, -0.15) is 0 Å². The highest BCUT2D eigenvalue weighted by atomic mass is 16.4. The Hall–Kier alpha value is -2.57. The quantitative estimate of drug-likeness (QED) is 0.639. The van der Waals surface area contributed by atoms with Crippen molar-refractivity contribution in [1.29, 1.82) is 0 Å². The van der Waals surface area contributed by atoms with Crippen LogP contribution in [-0.4, -0.2) is 52.1 Å². The largest absolute Gasteiger partial charge is 0.481 e. The van der Waals surface area contributed by atoms with Crippen molar-refractivity contribution in [3.8, 4) is 0 Å². The molecule has 0 fully saturated rings. The maximum Gasteiger partial charge on any atom is 0.329 e. The SMILES string of the molecule is CCN(C(=O)c1ccc(NC)cc1)[C@@](CC)(CCC(=O)O)C(=O)O. The van der Waals surface area contributed by atoms with Crippen LogP contribution in [-0.2, 0) is 9.59 Å². The Morgan fingerprint density at radius 1 is 1.12 bits per heavy atom. The number of likely N-dealkylation sites (N-methyl/N-ethyl adjacent to an activating group) is 1. The molecule has 1 aromatic carbocycles. The zero-order valence-corrected chi connectivity index (χ0v) is 14.2. The Bertz CT molecular complexity index is 600. The van der Waals surface area contributed by atoms with Crippen molar-refractivity contribution in [3.05, 3.63) is 29.8 Å². The van der Waals surface area contributed by atoms with Crippen molar-refractivity contribution in [3.63, 3.8) is 0 Å². The molecule has 0 heterocycles. The zero-order valence-electron chi connectivity index (χ0n) is 14.2. The number of carbonyl (C=O) groups excluding carboxylic acids is 1. The maximum absolute atomic E-state index is 12.8. The van der Waals surface area contributed by atoms with E-state index in [0.29, 0.717) is 5.56 Å². The van der Waals surface area contributed by atoms with Gasteiger partial charge in [0.15, 0.2) is 0 Å². The lowest BCUT2D eigenvalue weighted by Gasteiger charge is -2.39. The maximum atomic E-state index is 12.8. The van der Waals surface area contributed by atoms with Gasteiger partial charge in [0, 0.05) is 31.3 Å². The molecule has 1 aromatic rings. The van der Waals surface area contributed by atoms with E-state index in [-0.39, 0.29) is 25.8 Å². The number of carboxylic acids is 2. The van der Waals surface area contributed by atoms with Crippen molar-refractivity contribution in [2.45, 2.75) is 38.6 Å². The van der Waals surface area contributed by atoms with Gasteiger partial charge in [-0.05, 0) is 44.0 Å². The standard InChI is InChI=1S/C17H24N2O5/c1-4-17(16(23)24,11-10-14(20)21)19(5-2)15(22)12-6-8-13(18-3)9-7-12/h6-9,18H,4-5,10-11H2,1-3H3,(H,20,21)(H,23,24)/t17-/m0/s1. The van der Waals surface area contributed by atoms with Gasteiger partial charge in [0.25, 0.3) is 5.91 Å². The Balaban J connectivity index is 3.21. The van der Waals surface area contributed by atoms with Crippen LogP contribution >= 0.6 is 0 Å². The number of amides is 1. The van der Waals surface area contributed by atoms with E-state index in [1.165, 1.54) is 4.90 Å². The second-order valence-electron chi connectivity index (χ2n) is 5.46. The molecule has 0 aromatic heterocycles. The van der Waals surface area contributed by atoms with Gasteiger partial charge in [-0.25, -0.2) is 4.79 Å². The van der Waals surface area contributed by atoms with Gasteiger partial charge < -0.3 is 20.4 Å². The molecule has 0 aliphatic carbocycles. The number of nitrogens with one attached hydrogen (secondary N) is 1. The number of rotatable bonds is 9. The molecule has 3 N–H and O–H groups in total. The highest BCUT2D eigenvalue weighted by Crippen LogP contribution is 2.28. The van der Waals surface area contributed by atoms with Crippen molar-refractivity contribution in [2.24, 2.45) is 0 Å². The summed E-state index contributed by atoms with van der Waals surface area (Å²) in [5.41, 5.74) is -0.336. The van der Waals surface area contributed by atoms with Gasteiger partial charge in [-0.1, -0.05) is 6.92 Å². The van der Waals surface area contributed by atoms with E-state index in [1.54, 1.807) is 45.2 Å². The number of carbonyl (C=O) groups is 3. The molecular weight excluding hydrogens is 312 g/mol. The number of benzene rings is 1. The predicted molar refractivity (Wildman–Crippen MR) is 90.2 cm³/mol. The summed E-state index contributed by atoms with van der Waals surface area (Å²) in [6, 6.07) is 6.70. The highest BCUT2D eigenvalue weighted by Gasteiger charge is 2.44. The first-order valence-electron chi connectivity index (χ1n) is 7.87. The second-order valence-corrected chi connectivity index (χ2v) is 5.46. The molecule has 132 valence electrons. The molecule has 0 aliphatic heterocycles. The molecule has 0 aliphatic rings. The fraction of sp³-hybridized carbons (Fsp3) is 0.471. The van der Waals surface area contributed by atoms with Gasteiger partial charge >= 0.3 is 11.9 Å². The van der Waals surface area contributed by atoms with Crippen LogP contribution in [0.2, 0.25) is 0 Å². The molecule has 0 unspecified atom stereocenters. The van der Waals surface area contributed by atoms with Crippen molar-refractivity contribution in [1.82, 2.24) is 4.90 Å². The number of nitrogens with zero attached hydrogens (tertiary/aromatic N) is 1. The first-order chi connectivity index (χ1) is 11.3. The summed E-state index contributed by atoms with van der Waals surface area (Å²) in [4.78, 5) is 36.9. The van der Waals surface area contributed by atoms with E-state index in [0.717, 1.165) is 5.69 Å². The molecule has 0 saturated heterocycles. The number of hydrogen-bond acceptors (Lipinski definition) is 4. The Labute approximate surface area is 141 Å². The van der Waals surface area contributed by atoms with Crippen LogP contribution < -0.4 is 5.32 Å². The minimum atomic E-state index is -1.54. The van der Waals surface area contributed by atoms with E-state index in [9.17, 15) is 19.5 Å². The number of anilines is 1. The molecule has 0 spiro atoms. The number of carboxylic acid groups (broad SMARTS) is 2. The first kappa shape index (κ1) is 19.5. The molecule has 1 amide bonds. The summed E-state index contributed by atoms with van der Waals surface area (Å²) >= 11 is 0. The van der Waals surface area contributed by atoms with Crippen LogP contribution in [0.15, 0.2) is 24.3 Å². The van der Waals surface area contributed by atoms with Crippen molar-refractivity contribution < 1.29 is 24.6 Å². The van der Waals surface area contributed by atoms with E-state index in [4.69, 9.17) is 5.11 Å². The summed E-state index contributed by atoms with van der Waals surface area (Å²) in [6.45, 7) is 3.51. The highest BCUT2D eigenvalue weighted by molar-refractivity contribution is 5.98. The van der Waals surface area contributed by atoms with Crippen LogP contribution in [0.4, 0.5) is 5.69 Å². The third-order valence-corrected chi connectivity index (χ3v) is 4.23. The van der Waals surface area contributed by atoms with Gasteiger partial charge in [-0.15, -0.1) is 0 Å². The fourth-order valence-corrected chi connectivity index (χ4v) is 2.77. The van der Waals surface area contributed by atoms with E-state index >= 15 is 0 Å². The third kappa shape index (κ3) is 4.04. The fourth-order valence-electron chi connectivity index (χ4n) is 2.77. The van der Waals surface area contributed by atoms with Gasteiger partial charge in [0.05, 0.1) is 0 Å². The number of aliphatic carboxylic acids is 2. The first-order valence-corrected chi connectivity index (χ1v) is 7.87. The molecule has 0 radical (unpaired) electrons. The molecule has 1 rings (SSSR count). The molecule has 7 heteroatoms. The van der Waals surface area contributed by atoms with Crippen molar-refractivity contribution >= 4 is 23.5 Å². The van der Waals surface area contributed by atoms with Crippen LogP contribution in [0, 0.1) is 0 Å². The van der Waals surface area contributed by atoms with Gasteiger partial charge in [0.1, 0.15) is 5.54 Å². The zero-order chi connectivity index (χ0) is 18.3. The minimum Gasteiger partial charge on any atom is -0.481 e. The monoisotopic (exact) mass is 336 g/mol. The minimum absolute atomic E-state index is 0.129. The average molecular weight is 336 g/mol. The Morgan fingerprint density at radius 3 is 2.08 bits per heavy atom. The van der Waals surface area contributed by atoms with Crippen LogP contribution in [0.3, 0.4) is 0 Å². The van der Waals surface area contributed by atoms with Gasteiger partial charge in [0.2, 0.25) is 0 Å². The van der Waals surface area contributed by atoms with Crippen molar-refractivity contribution in [2.75, 3.05) is 18.9 Å². The number of hydrogen-bond donors (Lipinski definition) is 3. The Kier molecular flexibility index (Phi) is 6.76. The smallest absolute Gasteiger partial charge is 0.329 e. The average Bonchev–Trinajstić information content (AvgIpc) is 2.57. The molecular formula is C17H24N2O5. The molecule has 0 bridgehead atoms. The van der Waals surface area contributed by atoms with E-state index in [1.807, 2.05) is 0 Å². The summed E-state index contributed by atoms with van der Waals surface area (Å²) < 4.78 is 0. The predicted octanol–water partition coefficient (Wildman–Crippen LogP) is 2.29. The summed E-state index contributed by atoms with van der Waals surface area (Å²) in [5, 5.41) is 21.6. The lowest BCUT2D eigenvalue weighted by molar-refractivity contribution is -0.151. The second kappa shape index (κ2) is 8.33. The molecule has 0 saturated carbocycles. The molecule has 24 heavy (non-hydrogen) atoms. The Morgan fingerprint density at radius 2 is 1.71 bits per heavy atom. The molecule has 1 atom stereocenters. The van der Waals surface area contributed by atoms with E-state index < -0.39 is 23.4 Å². The topological polar surface area (TPSA) is 107 Å². The summed E-state index contributed by atoms with van der Waals surface area (Å²) in [5.74, 6) is -2.70. The third-order valence-electron chi connectivity index (χ3n) is 4.23.